The Hall–Kier alpha value is -3.81. The van der Waals surface area contributed by atoms with Gasteiger partial charge in [0.1, 0.15) is 22.8 Å². The van der Waals surface area contributed by atoms with E-state index in [9.17, 15) is 13.2 Å². The lowest BCUT2D eigenvalue weighted by Crippen LogP contribution is -2.27. The second-order valence-electron chi connectivity index (χ2n) is 8.58. The average Bonchev–Trinajstić information content (AvgIpc) is 3.53. The predicted molar refractivity (Wildman–Crippen MR) is 115 cm³/mol. The fourth-order valence-corrected chi connectivity index (χ4v) is 4.49. The Balaban J connectivity index is 1.52. The predicted octanol–water partition coefficient (Wildman–Crippen LogP) is 4.29. The fraction of sp³-hybridized carbons (Fsp3) is 0.348. The van der Waals surface area contributed by atoms with Crippen LogP contribution in [0.1, 0.15) is 36.3 Å². The maximum atomic E-state index is 15.1. The van der Waals surface area contributed by atoms with Crippen LogP contribution in [0.2, 0.25) is 0 Å². The summed E-state index contributed by atoms with van der Waals surface area (Å²) in [7, 11) is 0. The number of fused-ring (bicyclic) bond motifs is 4. The molecule has 1 saturated carbocycles. The van der Waals surface area contributed by atoms with Gasteiger partial charge in [-0.15, -0.1) is 10.2 Å². The molecule has 0 amide bonds. The molecule has 172 valence electrons. The Labute approximate surface area is 190 Å². The number of hydrogen-bond donors (Lipinski definition) is 0. The number of aromatic nitrogens is 6. The summed E-state index contributed by atoms with van der Waals surface area (Å²) >= 11 is 0. The van der Waals surface area contributed by atoms with Crippen molar-refractivity contribution in [1.29, 1.82) is 0 Å². The molecular weight excluding hydrogens is 450 g/mol. The maximum Gasteiger partial charge on any atom is 0.405 e. The largest absolute Gasteiger partial charge is 0.405 e. The summed E-state index contributed by atoms with van der Waals surface area (Å²) < 4.78 is 56.7. The topological polar surface area (TPSA) is 72.1 Å². The molecule has 0 bridgehead atoms. The van der Waals surface area contributed by atoms with E-state index in [0.717, 1.165) is 11.8 Å². The first kappa shape index (κ1) is 20.8. The van der Waals surface area contributed by atoms with Crippen molar-refractivity contribution in [3.05, 3.63) is 47.6 Å². The molecule has 0 saturated heterocycles. The molecule has 0 atom stereocenters. The summed E-state index contributed by atoms with van der Waals surface area (Å²) in [6.45, 7) is 2.27. The van der Waals surface area contributed by atoms with Gasteiger partial charge in [0, 0.05) is 24.0 Å². The number of alkyl halides is 3. The van der Waals surface area contributed by atoms with Gasteiger partial charge >= 0.3 is 6.18 Å². The van der Waals surface area contributed by atoms with Crippen LogP contribution in [0.4, 0.5) is 29.1 Å². The van der Waals surface area contributed by atoms with Gasteiger partial charge in [0.2, 0.25) is 0 Å². The van der Waals surface area contributed by atoms with Gasteiger partial charge in [0.15, 0.2) is 5.82 Å². The fourth-order valence-electron chi connectivity index (χ4n) is 4.49. The lowest BCUT2D eigenvalue weighted by atomic mass is 9.99. The van der Waals surface area contributed by atoms with Crippen molar-refractivity contribution in [1.82, 2.24) is 29.5 Å². The molecule has 0 aromatic carbocycles. The van der Waals surface area contributed by atoms with Crippen molar-refractivity contribution in [2.24, 2.45) is 5.41 Å². The van der Waals surface area contributed by atoms with Crippen LogP contribution in [0.25, 0.3) is 16.7 Å². The number of anilines is 2. The van der Waals surface area contributed by atoms with Crippen molar-refractivity contribution in [2.75, 3.05) is 11.4 Å². The quantitative estimate of drug-likeness (QED) is 0.307. The molecule has 4 aromatic heterocycles. The normalized spacial score (nSPS) is 16.9. The molecule has 11 heteroatoms. The van der Waals surface area contributed by atoms with Gasteiger partial charge in [0.05, 0.1) is 23.3 Å². The lowest BCUT2D eigenvalue weighted by molar-refractivity contribution is -0.168. The number of pyridine rings is 2. The van der Waals surface area contributed by atoms with Gasteiger partial charge in [-0.05, 0) is 44.6 Å². The second kappa shape index (κ2) is 7.09. The number of hydrogen-bond acceptors (Lipinski definition) is 6. The Morgan fingerprint density at radius 2 is 1.97 bits per heavy atom. The van der Waals surface area contributed by atoms with Crippen molar-refractivity contribution < 1.29 is 17.6 Å². The Bertz CT molecular complexity index is 1530. The van der Waals surface area contributed by atoms with E-state index in [1.807, 2.05) is 4.90 Å². The number of aryl methyl sites for hydroxylation is 1. The molecular formula is C23H17F4N7. The average molecular weight is 467 g/mol. The summed E-state index contributed by atoms with van der Waals surface area (Å²) in [5.41, 5.74) is 0.262. The molecule has 4 aromatic rings. The molecule has 0 spiro atoms. The van der Waals surface area contributed by atoms with Crippen LogP contribution < -0.4 is 4.90 Å². The first-order valence-electron chi connectivity index (χ1n) is 10.8. The number of nitrogens with zero attached hydrogens (tertiary/aromatic N) is 7. The highest BCUT2D eigenvalue weighted by molar-refractivity contribution is 5.94. The monoisotopic (exact) mass is 467 g/mol. The molecule has 5 heterocycles. The van der Waals surface area contributed by atoms with E-state index in [1.165, 1.54) is 12.4 Å². The summed E-state index contributed by atoms with van der Waals surface area (Å²) in [6.07, 6.45) is 1.08. The van der Waals surface area contributed by atoms with Crippen LogP contribution in [0.3, 0.4) is 0 Å². The van der Waals surface area contributed by atoms with Gasteiger partial charge in [-0.3, -0.25) is 9.38 Å². The number of rotatable bonds is 1. The van der Waals surface area contributed by atoms with Gasteiger partial charge in [-0.2, -0.15) is 18.2 Å². The first-order valence-corrected chi connectivity index (χ1v) is 10.8. The molecule has 34 heavy (non-hydrogen) atoms. The van der Waals surface area contributed by atoms with Gasteiger partial charge < -0.3 is 4.90 Å². The van der Waals surface area contributed by atoms with Crippen molar-refractivity contribution in [3.63, 3.8) is 0 Å². The zero-order valence-electron chi connectivity index (χ0n) is 18.0. The Morgan fingerprint density at radius 1 is 1.15 bits per heavy atom. The van der Waals surface area contributed by atoms with E-state index in [0.29, 0.717) is 53.7 Å². The van der Waals surface area contributed by atoms with E-state index in [2.05, 4.69) is 37.0 Å². The van der Waals surface area contributed by atoms with Crippen LogP contribution in [-0.2, 0) is 6.42 Å². The SMILES string of the molecule is Cc1nnc2nc(N3CCCc4c3ccnc4C#CC3(C(F)(F)F)CC3)c3c(F)cncc3n12. The van der Waals surface area contributed by atoms with E-state index in [1.54, 1.807) is 17.4 Å². The van der Waals surface area contributed by atoms with Crippen LogP contribution >= 0.6 is 0 Å². The maximum absolute atomic E-state index is 15.1. The van der Waals surface area contributed by atoms with E-state index < -0.39 is 17.4 Å². The molecule has 0 unspecified atom stereocenters. The molecule has 1 aliphatic carbocycles. The molecule has 1 fully saturated rings. The van der Waals surface area contributed by atoms with Crippen LogP contribution in [-0.4, -0.2) is 42.3 Å². The third-order valence-electron chi connectivity index (χ3n) is 6.46. The Kier molecular flexibility index (Phi) is 4.33. The minimum atomic E-state index is -4.36. The van der Waals surface area contributed by atoms with Crippen LogP contribution in [0.15, 0.2) is 24.7 Å². The standard InChI is InChI=1S/C23H17F4N7/c1-13-31-32-21-30-20(19-15(24)11-28-12-18(19)34(13)21)33-10-2-3-14-16(29-9-5-17(14)33)4-6-22(7-8-22)23(25,26)27/h5,9,11-12H,2-3,7-8,10H2,1H3. The highest BCUT2D eigenvalue weighted by Crippen LogP contribution is 2.57. The van der Waals surface area contributed by atoms with Crippen molar-refractivity contribution in [2.45, 2.75) is 38.8 Å². The smallest absolute Gasteiger partial charge is 0.325 e. The molecule has 0 radical (unpaired) electrons. The minimum Gasteiger partial charge on any atom is -0.325 e. The molecule has 6 rings (SSSR count). The van der Waals surface area contributed by atoms with Crippen molar-refractivity contribution in [3.8, 4) is 11.8 Å². The zero-order chi connectivity index (χ0) is 23.7. The lowest BCUT2D eigenvalue weighted by Gasteiger charge is -2.31. The molecule has 7 nitrogen and oxygen atoms in total. The van der Waals surface area contributed by atoms with Crippen LogP contribution in [0, 0.1) is 30.0 Å². The summed E-state index contributed by atoms with van der Waals surface area (Å²) in [5.74, 6) is 5.78. The highest BCUT2D eigenvalue weighted by atomic mass is 19.4. The zero-order valence-corrected chi connectivity index (χ0v) is 18.0. The van der Waals surface area contributed by atoms with E-state index >= 15 is 4.39 Å². The Morgan fingerprint density at radius 3 is 2.74 bits per heavy atom. The van der Waals surface area contributed by atoms with E-state index in [4.69, 9.17) is 0 Å². The molecule has 2 aliphatic rings. The first-order chi connectivity index (χ1) is 16.3. The van der Waals surface area contributed by atoms with Gasteiger partial charge in [0.25, 0.3) is 5.78 Å². The summed E-state index contributed by atoms with van der Waals surface area (Å²) in [4.78, 5) is 14.7. The molecule has 0 N–H and O–H groups in total. The van der Waals surface area contributed by atoms with E-state index in [-0.39, 0.29) is 18.2 Å². The second-order valence-corrected chi connectivity index (χ2v) is 8.58. The third kappa shape index (κ3) is 3.01. The van der Waals surface area contributed by atoms with Crippen LogP contribution in [0.5, 0.6) is 0 Å². The van der Waals surface area contributed by atoms with Gasteiger partial charge in [-0.25, -0.2) is 9.37 Å². The molecule has 1 aliphatic heterocycles. The highest BCUT2D eigenvalue weighted by Gasteiger charge is 2.62. The third-order valence-corrected chi connectivity index (χ3v) is 6.46. The summed E-state index contributed by atoms with van der Waals surface area (Å²) in [5, 5.41) is 8.41. The van der Waals surface area contributed by atoms with Crippen molar-refractivity contribution >= 4 is 28.2 Å². The summed E-state index contributed by atoms with van der Waals surface area (Å²) in [6, 6.07) is 1.75. The number of halogens is 4. The minimum absolute atomic E-state index is 0.00561. The van der Waals surface area contributed by atoms with Gasteiger partial charge in [-0.1, -0.05) is 5.92 Å².